The third-order valence-electron chi connectivity index (χ3n) is 5.70. The number of nitrogens with zero attached hydrogens (tertiary/aromatic N) is 2. The molecule has 4 rings (SSSR count). The lowest BCUT2D eigenvalue weighted by molar-refractivity contribution is -0.145. The third kappa shape index (κ3) is 2.85. The van der Waals surface area contributed by atoms with Crippen LogP contribution in [0.2, 0.25) is 5.02 Å². The molecule has 2 saturated heterocycles. The van der Waals surface area contributed by atoms with Gasteiger partial charge in [-0.1, -0.05) is 29.8 Å². The van der Waals surface area contributed by atoms with E-state index in [1.807, 2.05) is 41.0 Å². The molecule has 1 aromatic rings. The molecular weight excluding hydrogens is 356 g/mol. The highest BCUT2D eigenvalue weighted by molar-refractivity contribution is 8.01. The molecule has 0 radical (unpaired) electrons. The molecule has 1 saturated carbocycles. The summed E-state index contributed by atoms with van der Waals surface area (Å²) in [7, 11) is 0. The van der Waals surface area contributed by atoms with Crippen LogP contribution in [0, 0.1) is 0 Å². The first kappa shape index (κ1) is 17.2. The molecule has 2 amide bonds. The van der Waals surface area contributed by atoms with Crippen molar-refractivity contribution < 1.29 is 9.59 Å². The zero-order chi connectivity index (χ0) is 17.8. The van der Waals surface area contributed by atoms with Gasteiger partial charge in [-0.3, -0.25) is 9.59 Å². The maximum Gasteiger partial charge on any atom is 0.247 e. The number of carbonyl (C=O) groups excluding carboxylic acids is 2. The highest BCUT2D eigenvalue weighted by Crippen LogP contribution is 2.48. The van der Waals surface area contributed by atoms with Crippen molar-refractivity contribution in [2.45, 2.75) is 62.5 Å². The van der Waals surface area contributed by atoms with Crippen LogP contribution in [0.15, 0.2) is 24.3 Å². The van der Waals surface area contributed by atoms with Crippen molar-refractivity contribution >= 4 is 35.2 Å². The predicted octanol–water partition coefficient (Wildman–Crippen LogP) is 3.85. The zero-order valence-electron chi connectivity index (χ0n) is 14.6. The van der Waals surface area contributed by atoms with Gasteiger partial charge in [-0.25, -0.2) is 0 Å². The van der Waals surface area contributed by atoms with Crippen molar-refractivity contribution in [3.63, 3.8) is 0 Å². The van der Waals surface area contributed by atoms with E-state index in [1.165, 1.54) is 0 Å². The van der Waals surface area contributed by atoms with Crippen molar-refractivity contribution in [3.05, 3.63) is 34.9 Å². The first-order valence-corrected chi connectivity index (χ1v) is 10.3. The van der Waals surface area contributed by atoms with Gasteiger partial charge in [0.25, 0.3) is 0 Å². The predicted molar refractivity (Wildman–Crippen MR) is 100 cm³/mol. The molecule has 1 aliphatic carbocycles. The minimum atomic E-state index is -0.337. The monoisotopic (exact) mass is 378 g/mol. The molecule has 25 heavy (non-hydrogen) atoms. The summed E-state index contributed by atoms with van der Waals surface area (Å²) in [5, 5.41) is 0.691. The van der Waals surface area contributed by atoms with Gasteiger partial charge in [-0.2, -0.15) is 0 Å². The summed E-state index contributed by atoms with van der Waals surface area (Å²) >= 11 is 8.13. The molecule has 6 heteroatoms. The van der Waals surface area contributed by atoms with Crippen molar-refractivity contribution in [1.29, 1.82) is 0 Å². The maximum atomic E-state index is 13.5. The van der Waals surface area contributed by atoms with Crippen LogP contribution >= 0.6 is 23.4 Å². The lowest BCUT2D eigenvalue weighted by atomic mass is 10.0. The van der Waals surface area contributed by atoms with Crippen molar-refractivity contribution in [2.75, 3.05) is 5.75 Å². The molecule has 1 aromatic carbocycles. The summed E-state index contributed by atoms with van der Waals surface area (Å²) in [6.45, 7) is 4.14. The number of hydrogen-bond donors (Lipinski definition) is 0. The van der Waals surface area contributed by atoms with Gasteiger partial charge >= 0.3 is 0 Å². The highest BCUT2D eigenvalue weighted by Gasteiger charge is 2.55. The summed E-state index contributed by atoms with van der Waals surface area (Å²) in [6, 6.07) is 7.58. The lowest BCUT2D eigenvalue weighted by Crippen LogP contribution is -2.52. The Bertz CT molecular complexity index is 723. The summed E-state index contributed by atoms with van der Waals surface area (Å²) in [6.07, 6.45) is 3.46. The molecule has 134 valence electrons. The Labute approximate surface area is 157 Å². The number of halogens is 1. The fourth-order valence-corrected chi connectivity index (χ4v) is 5.90. The van der Waals surface area contributed by atoms with Crippen molar-refractivity contribution in [3.8, 4) is 0 Å². The smallest absolute Gasteiger partial charge is 0.247 e. The summed E-state index contributed by atoms with van der Waals surface area (Å²) in [5.41, 5.74) is 0.977. The van der Waals surface area contributed by atoms with E-state index in [1.54, 1.807) is 11.8 Å². The van der Waals surface area contributed by atoms with E-state index >= 15 is 0 Å². The molecule has 3 unspecified atom stereocenters. The summed E-state index contributed by atoms with van der Waals surface area (Å²) < 4.78 is 0. The fourth-order valence-electron chi connectivity index (χ4n) is 4.18. The van der Waals surface area contributed by atoms with Crippen LogP contribution in [0.4, 0.5) is 0 Å². The SMILES string of the molecule is CC(c1ccccc1Cl)N(C(=O)C1CSC2(C)CCC(=O)N12)C1CC1. The van der Waals surface area contributed by atoms with Crippen LogP contribution in [0.25, 0.3) is 0 Å². The molecule has 2 heterocycles. The van der Waals surface area contributed by atoms with E-state index in [2.05, 4.69) is 6.92 Å². The Hall–Kier alpha value is -1.20. The van der Waals surface area contributed by atoms with Gasteiger partial charge in [0.15, 0.2) is 0 Å². The standard InChI is InChI=1S/C19H23ClN2O2S/c1-12(14-5-3-4-6-15(14)20)21(13-7-8-13)18(24)16-11-25-19(2)10-9-17(23)22(16)19/h3-6,12-13,16H,7-11H2,1-2H3. The van der Waals surface area contributed by atoms with Crippen LogP contribution in [-0.2, 0) is 9.59 Å². The lowest BCUT2D eigenvalue weighted by Gasteiger charge is -2.36. The minimum absolute atomic E-state index is 0.0803. The number of thioether (sulfide) groups is 1. The number of fused-ring (bicyclic) bond motifs is 1. The molecular formula is C19H23ClN2O2S. The Morgan fingerprint density at radius 1 is 1.40 bits per heavy atom. The Kier molecular flexibility index (Phi) is 4.27. The third-order valence-corrected chi connectivity index (χ3v) is 7.55. The van der Waals surface area contributed by atoms with E-state index in [4.69, 9.17) is 11.6 Å². The first-order valence-electron chi connectivity index (χ1n) is 8.95. The van der Waals surface area contributed by atoms with Gasteiger partial charge in [-0.05, 0) is 44.7 Å². The van der Waals surface area contributed by atoms with Crippen molar-refractivity contribution in [2.24, 2.45) is 0 Å². The summed E-state index contributed by atoms with van der Waals surface area (Å²) in [4.78, 5) is 29.5. The minimum Gasteiger partial charge on any atom is -0.331 e. The van der Waals surface area contributed by atoms with E-state index in [9.17, 15) is 9.59 Å². The normalized spacial score (nSPS) is 29.6. The van der Waals surface area contributed by atoms with E-state index < -0.39 is 0 Å². The van der Waals surface area contributed by atoms with E-state index in [-0.39, 0.29) is 34.8 Å². The Balaban J connectivity index is 1.62. The van der Waals surface area contributed by atoms with Gasteiger partial charge < -0.3 is 9.80 Å². The molecule has 3 atom stereocenters. The topological polar surface area (TPSA) is 40.6 Å². The maximum absolute atomic E-state index is 13.5. The van der Waals surface area contributed by atoms with Gasteiger partial charge in [-0.15, -0.1) is 11.8 Å². The molecule has 0 aromatic heterocycles. The largest absolute Gasteiger partial charge is 0.331 e. The molecule has 4 nitrogen and oxygen atoms in total. The highest BCUT2D eigenvalue weighted by atomic mass is 35.5. The molecule has 3 aliphatic rings. The number of rotatable bonds is 4. The second kappa shape index (κ2) is 6.20. The van der Waals surface area contributed by atoms with Gasteiger partial charge in [0, 0.05) is 23.2 Å². The number of benzene rings is 1. The van der Waals surface area contributed by atoms with Crippen LogP contribution < -0.4 is 0 Å². The van der Waals surface area contributed by atoms with E-state index in [0.717, 1.165) is 24.8 Å². The fraction of sp³-hybridized carbons (Fsp3) is 0.579. The molecule has 0 spiro atoms. The van der Waals surface area contributed by atoms with Gasteiger partial charge in [0.05, 0.1) is 10.9 Å². The number of hydrogen-bond acceptors (Lipinski definition) is 3. The van der Waals surface area contributed by atoms with Crippen LogP contribution in [-0.4, -0.2) is 44.3 Å². The Morgan fingerprint density at radius 3 is 2.80 bits per heavy atom. The molecule has 0 N–H and O–H groups in total. The second-order valence-corrected chi connectivity index (χ2v) is 9.35. The summed E-state index contributed by atoms with van der Waals surface area (Å²) in [5.74, 6) is 0.896. The van der Waals surface area contributed by atoms with Gasteiger partial charge in [0.2, 0.25) is 11.8 Å². The molecule has 0 bridgehead atoms. The first-order chi connectivity index (χ1) is 11.9. The molecule has 3 fully saturated rings. The zero-order valence-corrected chi connectivity index (χ0v) is 16.1. The van der Waals surface area contributed by atoms with Crippen molar-refractivity contribution in [1.82, 2.24) is 9.80 Å². The average Bonchev–Trinajstić information content (AvgIpc) is 3.28. The van der Waals surface area contributed by atoms with Crippen LogP contribution in [0.1, 0.15) is 51.1 Å². The van der Waals surface area contributed by atoms with Gasteiger partial charge in [0.1, 0.15) is 6.04 Å². The van der Waals surface area contributed by atoms with E-state index in [0.29, 0.717) is 17.2 Å². The number of amides is 2. The quantitative estimate of drug-likeness (QED) is 0.799. The molecule has 2 aliphatic heterocycles. The van der Waals surface area contributed by atoms with Crippen LogP contribution in [0.5, 0.6) is 0 Å². The number of carbonyl (C=O) groups is 2. The van der Waals surface area contributed by atoms with Crippen LogP contribution in [0.3, 0.4) is 0 Å². The Morgan fingerprint density at radius 2 is 2.12 bits per heavy atom. The second-order valence-electron chi connectivity index (χ2n) is 7.44. The average molecular weight is 379 g/mol.